The van der Waals surface area contributed by atoms with E-state index in [4.69, 9.17) is 0 Å². The van der Waals surface area contributed by atoms with Gasteiger partial charge in [-0.1, -0.05) is 13.2 Å². The van der Waals surface area contributed by atoms with Crippen LogP contribution in [0.4, 0.5) is 0 Å². The smallest absolute Gasteiger partial charge is 0.255 e. The van der Waals surface area contributed by atoms with Crippen molar-refractivity contribution >= 4 is 21.9 Å². The summed E-state index contributed by atoms with van der Waals surface area (Å²) in [4.78, 5) is 24.0. The van der Waals surface area contributed by atoms with E-state index in [9.17, 15) is 22.6 Å². The molecule has 1 aliphatic heterocycles. The molecule has 1 rings (SSSR count). The molecule has 18 heavy (non-hydrogen) atoms. The lowest BCUT2D eigenvalue weighted by molar-refractivity contribution is -0.124. The van der Waals surface area contributed by atoms with E-state index in [-0.39, 0.29) is 0 Å². The van der Waals surface area contributed by atoms with Crippen molar-refractivity contribution in [2.45, 2.75) is 0 Å². The first-order chi connectivity index (χ1) is 8.31. The molecule has 0 aromatic rings. The third-order valence-electron chi connectivity index (χ3n) is 1.96. The van der Waals surface area contributed by atoms with Crippen LogP contribution in [0.1, 0.15) is 0 Å². The maximum absolute atomic E-state index is 11.4. The van der Waals surface area contributed by atoms with Crippen LogP contribution in [0.5, 0.6) is 0 Å². The number of rotatable bonds is 3. The van der Waals surface area contributed by atoms with Gasteiger partial charge >= 0.3 is 0 Å². The summed E-state index contributed by atoms with van der Waals surface area (Å²) in [5.41, 5.74) is 0. The molecule has 0 unspecified atom stereocenters. The largest absolute Gasteiger partial charge is 0.743 e. The van der Waals surface area contributed by atoms with Gasteiger partial charge in [-0.05, 0) is 12.2 Å². The van der Waals surface area contributed by atoms with Crippen LogP contribution in [0, 0.1) is 0 Å². The van der Waals surface area contributed by atoms with E-state index in [2.05, 4.69) is 13.2 Å². The lowest BCUT2D eigenvalue weighted by Gasteiger charge is -2.28. The van der Waals surface area contributed by atoms with Crippen LogP contribution in [-0.2, 0) is 19.7 Å². The minimum Gasteiger partial charge on any atom is -0.743 e. The lowest BCUT2D eigenvalue weighted by atomic mass is 10.4. The van der Waals surface area contributed by atoms with Gasteiger partial charge in [-0.3, -0.25) is 19.4 Å². The van der Waals surface area contributed by atoms with Gasteiger partial charge in [-0.15, -0.1) is 0 Å². The summed E-state index contributed by atoms with van der Waals surface area (Å²) in [6.07, 6.45) is 4.62. The molecule has 0 N–H and O–H groups in total. The fraction of sp³-hybridized carbons (Fsp3) is 0. The van der Waals surface area contributed by atoms with Crippen molar-refractivity contribution in [2.24, 2.45) is 0 Å². The molecule has 1 aliphatic rings. The fourth-order valence-corrected chi connectivity index (χ4v) is 1.78. The molecular weight excluding hydrogens is 260 g/mol. The van der Waals surface area contributed by atoms with Gasteiger partial charge in [0.2, 0.25) is 0 Å². The number of carbonyl (C=O) groups excluding carboxylic acids is 2. The van der Waals surface area contributed by atoms with Crippen molar-refractivity contribution in [3.8, 4) is 0 Å². The molecule has 8 heteroatoms. The topological polar surface area (TPSA) is 97.8 Å². The van der Waals surface area contributed by atoms with Gasteiger partial charge < -0.3 is 4.55 Å². The third kappa shape index (κ3) is 2.73. The summed E-state index contributed by atoms with van der Waals surface area (Å²) in [5, 5.41) is -0.856. The zero-order valence-electron chi connectivity index (χ0n) is 9.14. The van der Waals surface area contributed by atoms with Gasteiger partial charge in [-0.2, -0.15) is 0 Å². The maximum atomic E-state index is 11.4. The Morgan fingerprint density at radius 1 is 1.17 bits per heavy atom. The van der Waals surface area contributed by atoms with Crippen molar-refractivity contribution in [3.63, 3.8) is 0 Å². The van der Waals surface area contributed by atoms with Crippen LogP contribution < -0.4 is 0 Å². The molecule has 7 nitrogen and oxygen atoms in total. The fourth-order valence-electron chi connectivity index (χ4n) is 1.14. The summed E-state index contributed by atoms with van der Waals surface area (Å²) in [6.45, 7) is 6.39. The minimum absolute atomic E-state index is 0.586. The summed E-state index contributed by atoms with van der Waals surface area (Å²) >= 11 is 0. The van der Waals surface area contributed by atoms with Crippen molar-refractivity contribution in [1.29, 1.82) is 0 Å². The molecule has 0 atom stereocenters. The first-order valence-corrected chi connectivity index (χ1v) is 5.98. The SMILES string of the molecule is C=CC(=O)N1C=CN(C(=O)C=C)C(S(=O)(=O)[O-])=C1. The Balaban J connectivity index is 3.27. The van der Waals surface area contributed by atoms with E-state index in [0.29, 0.717) is 4.90 Å². The van der Waals surface area contributed by atoms with Crippen molar-refractivity contribution in [3.05, 3.63) is 48.9 Å². The molecule has 0 aromatic heterocycles. The molecular formula is C10H9N2O5S-. The Hall–Kier alpha value is -2.19. The maximum Gasteiger partial charge on any atom is 0.255 e. The standard InChI is InChI=1S/C10H10N2O5S/c1-3-8(13)11-5-6-12(9(14)4-2)10(7-11)18(15,16)17/h3-7H,1-2H2,(H,15,16,17)/p-1. The van der Waals surface area contributed by atoms with Crippen LogP contribution in [0.25, 0.3) is 0 Å². The molecule has 0 aromatic carbocycles. The highest BCUT2D eigenvalue weighted by Gasteiger charge is 2.24. The highest BCUT2D eigenvalue weighted by atomic mass is 32.2. The molecule has 0 fully saturated rings. The molecule has 0 spiro atoms. The second-order valence-electron chi connectivity index (χ2n) is 3.08. The monoisotopic (exact) mass is 269 g/mol. The van der Waals surface area contributed by atoms with E-state index in [0.717, 1.165) is 35.7 Å². The average Bonchev–Trinajstić information content (AvgIpc) is 2.35. The molecule has 0 bridgehead atoms. The number of amides is 2. The zero-order chi connectivity index (χ0) is 13.9. The average molecular weight is 269 g/mol. The van der Waals surface area contributed by atoms with Gasteiger partial charge in [0.25, 0.3) is 11.8 Å². The van der Waals surface area contributed by atoms with E-state index in [1.165, 1.54) is 0 Å². The van der Waals surface area contributed by atoms with E-state index >= 15 is 0 Å². The Morgan fingerprint density at radius 3 is 2.17 bits per heavy atom. The summed E-state index contributed by atoms with van der Waals surface area (Å²) in [5.74, 6) is -1.44. The zero-order valence-corrected chi connectivity index (χ0v) is 9.96. The highest BCUT2D eigenvalue weighted by Crippen LogP contribution is 2.19. The van der Waals surface area contributed by atoms with Crippen molar-refractivity contribution < 1.29 is 22.6 Å². The van der Waals surface area contributed by atoms with Crippen molar-refractivity contribution in [2.75, 3.05) is 0 Å². The van der Waals surface area contributed by atoms with Gasteiger partial charge in [0.1, 0.15) is 15.1 Å². The van der Waals surface area contributed by atoms with Crippen LogP contribution in [0.15, 0.2) is 48.9 Å². The van der Waals surface area contributed by atoms with Crippen molar-refractivity contribution in [1.82, 2.24) is 9.80 Å². The predicted molar refractivity (Wildman–Crippen MR) is 61.0 cm³/mol. The normalized spacial score (nSPS) is 15.1. The highest BCUT2D eigenvalue weighted by molar-refractivity contribution is 7.89. The summed E-state index contributed by atoms with van der Waals surface area (Å²) < 4.78 is 33.1. The predicted octanol–water partition coefficient (Wildman–Crippen LogP) is -0.155. The summed E-state index contributed by atoms with van der Waals surface area (Å²) in [6, 6.07) is 0. The minimum atomic E-state index is -4.92. The van der Waals surface area contributed by atoms with Crippen LogP contribution >= 0.6 is 0 Å². The number of nitrogens with zero attached hydrogens (tertiary/aromatic N) is 2. The molecule has 0 radical (unpaired) electrons. The van der Waals surface area contributed by atoms with Gasteiger partial charge in [0, 0.05) is 18.6 Å². The Labute approximate surface area is 104 Å². The van der Waals surface area contributed by atoms with E-state index in [1.807, 2.05) is 0 Å². The van der Waals surface area contributed by atoms with E-state index < -0.39 is 27.0 Å². The molecule has 2 amide bonds. The second-order valence-corrected chi connectivity index (χ2v) is 4.41. The Kier molecular flexibility index (Phi) is 3.84. The molecule has 1 heterocycles. The Morgan fingerprint density at radius 2 is 1.72 bits per heavy atom. The number of carbonyl (C=O) groups is 2. The third-order valence-corrected chi connectivity index (χ3v) is 2.77. The van der Waals surface area contributed by atoms with Gasteiger partial charge in [0.05, 0.1) is 0 Å². The second kappa shape index (κ2) is 4.98. The molecule has 96 valence electrons. The molecule has 0 aliphatic carbocycles. The van der Waals surface area contributed by atoms with Crippen LogP contribution in [0.3, 0.4) is 0 Å². The van der Waals surface area contributed by atoms with Crippen LogP contribution in [-0.4, -0.2) is 34.6 Å². The molecule has 0 saturated heterocycles. The van der Waals surface area contributed by atoms with Gasteiger partial charge in [0.15, 0.2) is 0 Å². The summed E-state index contributed by atoms with van der Waals surface area (Å²) in [7, 11) is -4.92. The lowest BCUT2D eigenvalue weighted by Crippen LogP contribution is -2.34. The quantitative estimate of drug-likeness (QED) is 0.524. The number of hydrogen-bond acceptors (Lipinski definition) is 5. The van der Waals surface area contributed by atoms with Gasteiger partial charge in [-0.25, -0.2) is 8.42 Å². The first-order valence-electron chi connectivity index (χ1n) is 4.57. The Bertz CT molecular complexity index is 573. The number of hydrogen-bond donors (Lipinski definition) is 0. The van der Waals surface area contributed by atoms with E-state index in [1.54, 1.807) is 0 Å². The van der Waals surface area contributed by atoms with Crippen LogP contribution in [0.2, 0.25) is 0 Å². The first kappa shape index (κ1) is 13.9. The molecule has 0 saturated carbocycles.